The first-order valence-electron chi connectivity index (χ1n) is 3.95. The second kappa shape index (κ2) is 4.36. The van der Waals surface area contributed by atoms with Crippen LogP contribution in [0.2, 0.25) is 0 Å². The highest BCUT2D eigenvalue weighted by Crippen LogP contribution is 2.03. The largest absolute Gasteiger partial charge is 0.370 e. The number of carbonyl (C=O) groups excluding carboxylic acids is 1. The first-order chi connectivity index (χ1) is 6.58. The van der Waals surface area contributed by atoms with Gasteiger partial charge in [-0.3, -0.25) is 4.79 Å². The number of nitrogens with two attached hydrogens (primary N) is 2. The third-order valence-corrected chi connectivity index (χ3v) is 1.52. The summed E-state index contributed by atoms with van der Waals surface area (Å²) in [4.78, 5) is 14.4. The molecule has 0 bridgehead atoms. The van der Waals surface area contributed by atoms with E-state index in [-0.39, 0.29) is 18.2 Å². The SMILES string of the molecule is NC(N)=NC(=O)Cc1ccc(F)cc1. The van der Waals surface area contributed by atoms with Gasteiger partial charge in [-0.25, -0.2) is 4.39 Å². The predicted molar refractivity (Wildman–Crippen MR) is 50.9 cm³/mol. The number of amides is 1. The average Bonchev–Trinajstić information content (AvgIpc) is 2.07. The summed E-state index contributed by atoms with van der Waals surface area (Å²) in [6.07, 6.45) is 0.0676. The second-order valence-electron chi connectivity index (χ2n) is 2.73. The fourth-order valence-corrected chi connectivity index (χ4v) is 0.960. The molecule has 0 radical (unpaired) electrons. The maximum absolute atomic E-state index is 12.5. The molecule has 0 aromatic heterocycles. The smallest absolute Gasteiger partial charge is 0.253 e. The number of carbonyl (C=O) groups is 1. The third kappa shape index (κ3) is 3.22. The monoisotopic (exact) mass is 195 g/mol. The van der Waals surface area contributed by atoms with Crippen molar-refractivity contribution in [2.45, 2.75) is 6.42 Å². The molecular formula is C9H10FN3O. The van der Waals surface area contributed by atoms with Gasteiger partial charge in [-0.2, -0.15) is 4.99 Å². The van der Waals surface area contributed by atoms with Crippen LogP contribution >= 0.6 is 0 Å². The summed E-state index contributed by atoms with van der Waals surface area (Å²) in [6, 6.07) is 5.57. The molecule has 0 atom stereocenters. The molecule has 1 rings (SSSR count). The van der Waals surface area contributed by atoms with Crippen molar-refractivity contribution in [1.82, 2.24) is 0 Å². The Morgan fingerprint density at radius 1 is 1.29 bits per heavy atom. The van der Waals surface area contributed by atoms with E-state index in [0.717, 1.165) is 0 Å². The van der Waals surface area contributed by atoms with Gasteiger partial charge in [0.05, 0.1) is 6.42 Å². The van der Waals surface area contributed by atoms with Crippen LogP contribution in [0.3, 0.4) is 0 Å². The lowest BCUT2D eigenvalue weighted by atomic mass is 10.1. The van der Waals surface area contributed by atoms with Gasteiger partial charge >= 0.3 is 0 Å². The summed E-state index contributed by atoms with van der Waals surface area (Å²) in [7, 11) is 0. The minimum atomic E-state index is -0.448. The van der Waals surface area contributed by atoms with Gasteiger partial charge in [0.25, 0.3) is 5.91 Å². The van der Waals surface area contributed by atoms with Gasteiger partial charge in [-0.05, 0) is 17.7 Å². The highest BCUT2D eigenvalue weighted by Gasteiger charge is 2.01. The van der Waals surface area contributed by atoms with Gasteiger partial charge in [-0.15, -0.1) is 0 Å². The molecule has 0 unspecified atom stereocenters. The Morgan fingerprint density at radius 2 is 1.86 bits per heavy atom. The topological polar surface area (TPSA) is 81.5 Å². The van der Waals surface area contributed by atoms with Gasteiger partial charge in [0.2, 0.25) is 0 Å². The van der Waals surface area contributed by atoms with Gasteiger partial charge in [0.15, 0.2) is 5.96 Å². The van der Waals surface area contributed by atoms with Crippen LogP contribution in [0.5, 0.6) is 0 Å². The summed E-state index contributed by atoms with van der Waals surface area (Å²) >= 11 is 0. The average molecular weight is 195 g/mol. The summed E-state index contributed by atoms with van der Waals surface area (Å²) in [5.74, 6) is -1.06. The molecule has 4 N–H and O–H groups in total. The van der Waals surface area contributed by atoms with Crippen molar-refractivity contribution >= 4 is 11.9 Å². The van der Waals surface area contributed by atoms with Crippen molar-refractivity contribution < 1.29 is 9.18 Å². The Hall–Kier alpha value is -1.91. The van der Waals surface area contributed by atoms with Crippen molar-refractivity contribution in [3.8, 4) is 0 Å². The number of rotatable bonds is 2. The van der Waals surface area contributed by atoms with Gasteiger partial charge < -0.3 is 11.5 Å². The van der Waals surface area contributed by atoms with Crippen molar-refractivity contribution in [2.75, 3.05) is 0 Å². The van der Waals surface area contributed by atoms with Crippen molar-refractivity contribution in [3.63, 3.8) is 0 Å². The summed E-state index contributed by atoms with van der Waals surface area (Å²) in [5.41, 5.74) is 10.7. The van der Waals surface area contributed by atoms with E-state index < -0.39 is 5.91 Å². The maximum atomic E-state index is 12.5. The number of hydrogen-bond acceptors (Lipinski definition) is 1. The number of aliphatic imine (C=N–C) groups is 1. The molecule has 74 valence electrons. The Bertz CT molecular complexity index is 355. The van der Waals surface area contributed by atoms with E-state index in [9.17, 15) is 9.18 Å². The molecule has 0 aliphatic rings. The van der Waals surface area contributed by atoms with Crippen molar-refractivity contribution in [3.05, 3.63) is 35.6 Å². The fourth-order valence-electron chi connectivity index (χ4n) is 0.960. The van der Waals surface area contributed by atoms with Gasteiger partial charge in [0.1, 0.15) is 5.82 Å². The lowest BCUT2D eigenvalue weighted by Gasteiger charge is -1.97. The number of halogens is 1. The zero-order chi connectivity index (χ0) is 10.6. The lowest BCUT2D eigenvalue weighted by molar-refractivity contribution is -0.117. The van der Waals surface area contributed by atoms with Gasteiger partial charge in [0, 0.05) is 0 Å². The molecule has 5 heteroatoms. The van der Waals surface area contributed by atoms with Crippen LogP contribution in [-0.4, -0.2) is 11.9 Å². The highest BCUT2D eigenvalue weighted by atomic mass is 19.1. The van der Waals surface area contributed by atoms with E-state index in [2.05, 4.69) is 4.99 Å². The molecule has 0 aliphatic heterocycles. The second-order valence-corrected chi connectivity index (χ2v) is 2.73. The summed E-state index contributed by atoms with van der Waals surface area (Å²) in [5, 5.41) is 0. The van der Waals surface area contributed by atoms with Crippen LogP contribution in [0.25, 0.3) is 0 Å². The van der Waals surface area contributed by atoms with E-state index in [1.165, 1.54) is 24.3 Å². The molecular weight excluding hydrogens is 185 g/mol. The Balaban J connectivity index is 2.66. The molecule has 4 nitrogen and oxygen atoms in total. The number of guanidine groups is 1. The minimum Gasteiger partial charge on any atom is -0.370 e. The molecule has 0 saturated carbocycles. The van der Waals surface area contributed by atoms with E-state index in [1.54, 1.807) is 0 Å². The minimum absolute atomic E-state index is 0.0676. The molecule has 1 aromatic carbocycles. The van der Waals surface area contributed by atoms with Crippen LogP contribution in [-0.2, 0) is 11.2 Å². The zero-order valence-corrected chi connectivity index (χ0v) is 7.40. The Kier molecular flexibility index (Phi) is 3.17. The first-order valence-corrected chi connectivity index (χ1v) is 3.95. The van der Waals surface area contributed by atoms with Crippen LogP contribution in [0.4, 0.5) is 4.39 Å². The molecule has 0 aliphatic carbocycles. The van der Waals surface area contributed by atoms with Crippen LogP contribution in [0.15, 0.2) is 29.3 Å². The maximum Gasteiger partial charge on any atom is 0.253 e. The molecule has 0 saturated heterocycles. The number of benzene rings is 1. The summed E-state index contributed by atoms with van der Waals surface area (Å²) in [6.45, 7) is 0. The highest BCUT2D eigenvalue weighted by molar-refractivity contribution is 5.92. The van der Waals surface area contributed by atoms with E-state index in [0.29, 0.717) is 5.56 Å². The number of hydrogen-bond donors (Lipinski definition) is 2. The number of nitrogens with zero attached hydrogens (tertiary/aromatic N) is 1. The van der Waals surface area contributed by atoms with Crippen LogP contribution in [0, 0.1) is 5.82 Å². The quantitative estimate of drug-likeness (QED) is 0.521. The fraction of sp³-hybridized carbons (Fsp3) is 0.111. The predicted octanol–water partition coefficient (Wildman–Crippen LogP) is 0.168. The standard InChI is InChI=1S/C9H10FN3O/c10-7-3-1-6(2-4-7)5-8(14)13-9(11)12/h1-4H,5H2,(H4,11,12,13,14). The van der Waals surface area contributed by atoms with Crippen molar-refractivity contribution in [2.24, 2.45) is 16.5 Å². The molecule has 14 heavy (non-hydrogen) atoms. The van der Waals surface area contributed by atoms with E-state index in [1.807, 2.05) is 0 Å². The van der Waals surface area contributed by atoms with Crippen LogP contribution in [0.1, 0.15) is 5.56 Å². The molecule has 0 heterocycles. The molecule has 0 spiro atoms. The normalized spacial score (nSPS) is 9.50. The van der Waals surface area contributed by atoms with Crippen LogP contribution < -0.4 is 11.5 Å². The summed E-state index contributed by atoms with van der Waals surface area (Å²) < 4.78 is 12.5. The third-order valence-electron chi connectivity index (χ3n) is 1.52. The molecule has 0 fully saturated rings. The zero-order valence-electron chi connectivity index (χ0n) is 7.40. The Labute approximate surface area is 80.4 Å². The van der Waals surface area contributed by atoms with E-state index >= 15 is 0 Å². The lowest BCUT2D eigenvalue weighted by Crippen LogP contribution is -2.24. The molecule has 1 amide bonds. The molecule has 1 aromatic rings. The van der Waals surface area contributed by atoms with Crippen molar-refractivity contribution in [1.29, 1.82) is 0 Å². The Morgan fingerprint density at radius 3 is 2.36 bits per heavy atom. The van der Waals surface area contributed by atoms with Gasteiger partial charge in [-0.1, -0.05) is 12.1 Å². The first kappa shape index (κ1) is 10.2. The van der Waals surface area contributed by atoms with E-state index in [4.69, 9.17) is 11.5 Å².